The average Bonchev–Trinajstić information content (AvgIpc) is 2.41. The minimum absolute atomic E-state index is 0.438. The van der Waals surface area contributed by atoms with Crippen molar-refractivity contribution in [2.45, 2.75) is 77.4 Å². The molecule has 2 fully saturated rings. The van der Waals surface area contributed by atoms with Crippen molar-refractivity contribution in [3.05, 3.63) is 0 Å². The van der Waals surface area contributed by atoms with E-state index in [4.69, 9.17) is 0 Å². The fourth-order valence-corrected chi connectivity index (χ4v) is 3.95. The third kappa shape index (κ3) is 4.71. The first-order valence-corrected chi connectivity index (χ1v) is 8.59. The summed E-state index contributed by atoms with van der Waals surface area (Å²) in [7, 11) is 0. The third-order valence-corrected chi connectivity index (χ3v) is 5.29. The van der Waals surface area contributed by atoms with Gasteiger partial charge in [0, 0.05) is 19.1 Å². The molecule has 2 rings (SSSR count). The molecule has 1 spiro atoms. The van der Waals surface area contributed by atoms with Crippen molar-refractivity contribution in [3.8, 4) is 0 Å². The second-order valence-electron chi connectivity index (χ2n) is 7.87. The highest BCUT2D eigenvalue weighted by atomic mass is 16.3. The van der Waals surface area contributed by atoms with Crippen LogP contribution in [0.3, 0.4) is 0 Å². The molecule has 1 saturated heterocycles. The quantitative estimate of drug-likeness (QED) is 0.814. The Morgan fingerprint density at radius 1 is 1.10 bits per heavy atom. The van der Waals surface area contributed by atoms with Crippen LogP contribution in [0.2, 0.25) is 0 Å². The van der Waals surface area contributed by atoms with E-state index in [1.807, 2.05) is 6.92 Å². The van der Waals surface area contributed by atoms with Crippen LogP contribution in [0.5, 0.6) is 0 Å². The molecule has 118 valence electrons. The number of hydrogen-bond donors (Lipinski definition) is 2. The van der Waals surface area contributed by atoms with Gasteiger partial charge in [0.1, 0.15) is 0 Å². The Balaban J connectivity index is 1.75. The first-order chi connectivity index (χ1) is 9.41. The molecule has 2 N–H and O–H groups in total. The van der Waals surface area contributed by atoms with Crippen LogP contribution in [0.25, 0.3) is 0 Å². The molecule has 0 aromatic heterocycles. The van der Waals surface area contributed by atoms with Gasteiger partial charge >= 0.3 is 0 Å². The van der Waals surface area contributed by atoms with Crippen LogP contribution < -0.4 is 5.32 Å². The molecule has 1 aliphatic heterocycles. The van der Waals surface area contributed by atoms with Crippen LogP contribution in [0, 0.1) is 5.41 Å². The molecule has 0 bridgehead atoms. The molecule has 0 amide bonds. The Labute approximate surface area is 125 Å². The average molecular weight is 282 g/mol. The van der Waals surface area contributed by atoms with E-state index < -0.39 is 5.60 Å². The fourth-order valence-electron chi connectivity index (χ4n) is 3.95. The normalized spacial score (nSPS) is 26.9. The second kappa shape index (κ2) is 6.76. The van der Waals surface area contributed by atoms with Crippen molar-refractivity contribution in [2.75, 3.05) is 26.2 Å². The monoisotopic (exact) mass is 282 g/mol. The van der Waals surface area contributed by atoms with Gasteiger partial charge in [-0.15, -0.1) is 0 Å². The van der Waals surface area contributed by atoms with Gasteiger partial charge in [-0.05, 0) is 51.1 Å². The van der Waals surface area contributed by atoms with Crippen LogP contribution in [-0.4, -0.2) is 47.8 Å². The van der Waals surface area contributed by atoms with Gasteiger partial charge in [0.05, 0.1) is 5.60 Å². The summed E-state index contributed by atoms with van der Waals surface area (Å²) < 4.78 is 0. The summed E-state index contributed by atoms with van der Waals surface area (Å²) in [6.07, 6.45) is 9.92. The standard InChI is InChI=1S/C17H34N2O/c1-15(2)18-13-16(3,20)14-19-11-9-17(10-12-19)7-5-4-6-8-17/h15,18,20H,4-14H2,1-3H3. The number of β-amino-alcohol motifs (C(OH)–C–C–N with tert-alkyl or cyclic N) is 1. The molecule has 1 atom stereocenters. The SMILES string of the molecule is CC(C)NCC(C)(O)CN1CCC2(CCCCC2)CC1. The highest BCUT2D eigenvalue weighted by Gasteiger charge is 2.36. The molecule has 1 saturated carbocycles. The highest BCUT2D eigenvalue weighted by molar-refractivity contribution is 4.90. The maximum atomic E-state index is 10.5. The topological polar surface area (TPSA) is 35.5 Å². The van der Waals surface area contributed by atoms with Crippen LogP contribution >= 0.6 is 0 Å². The summed E-state index contributed by atoms with van der Waals surface area (Å²) >= 11 is 0. The Hall–Kier alpha value is -0.120. The molecule has 0 aromatic rings. The molecule has 0 radical (unpaired) electrons. The predicted octanol–water partition coefficient (Wildman–Crippen LogP) is 2.78. The summed E-state index contributed by atoms with van der Waals surface area (Å²) in [5, 5.41) is 13.9. The molecule has 3 nitrogen and oxygen atoms in total. The van der Waals surface area contributed by atoms with Crippen molar-refractivity contribution in [3.63, 3.8) is 0 Å². The van der Waals surface area contributed by atoms with E-state index >= 15 is 0 Å². The Morgan fingerprint density at radius 2 is 1.70 bits per heavy atom. The second-order valence-corrected chi connectivity index (χ2v) is 7.87. The van der Waals surface area contributed by atoms with E-state index in [9.17, 15) is 5.11 Å². The molecule has 20 heavy (non-hydrogen) atoms. The molecule has 2 aliphatic rings. The van der Waals surface area contributed by atoms with Crippen molar-refractivity contribution in [1.82, 2.24) is 10.2 Å². The molecule has 3 heteroatoms. The van der Waals surface area contributed by atoms with E-state index in [-0.39, 0.29) is 0 Å². The van der Waals surface area contributed by atoms with E-state index in [2.05, 4.69) is 24.1 Å². The van der Waals surface area contributed by atoms with E-state index in [0.29, 0.717) is 18.0 Å². The third-order valence-electron chi connectivity index (χ3n) is 5.29. The number of likely N-dealkylation sites (tertiary alicyclic amines) is 1. The lowest BCUT2D eigenvalue weighted by atomic mass is 9.68. The van der Waals surface area contributed by atoms with Crippen molar-refractivity contribution >= 4 is 0 Å². The van der Waals surface area contributed by atoms with Gasteiger partial charge in [0.25, 0.3) is 0 Å². The maximum absolute atomic E-state index is 10.5. The number of nitrogens with zero attached hydrogens (tertiary/aromatic N) is 1. The lowest BCUT2D eigenvalue weighted by molar-refractivity contribution is -0.00955. The maximum Gasteiger partial charge on any atom is 0.0869 e. The van der Waals surface area contributed by atoms with E-state index in [0.717, 1.165) is 6.54 Å². The lowest BCUT2D eigenvalue weighted by Gasteiger charge is -2.45. The number of rotatable bonds is 5. The predicted molar refractivity (Wildman–Crippen MR) is 85.0 cm³/mol. The summed E-state index contributed by atoms with van der Waals surface area (Å²) in [4.78, 5) is 2.47. The summed E-state index contributed by atoms with van der Waals surface area (Å²) in [5.74, 6) is 0. The van der Waals surface area contributed by atoms with Gasteiger partial charge in [0.2, 0.25) is 0 Å². The first kappa shape index (κ1) is 16.3. The van der Waals surface area contributed by atoms with Crippen molar-refractivity contribution < 1.29 is 5.11 Å². The van der Waals surface area contributed by atoms with Gasteiger partial charge in [-0.2, -0.15) is 0 Å². The minimum Gasteiger partial charge on any atom is -0.388 e. The van der Waals surface area contributed by atoms with E-state index in [1.54, 1.807) is 0 Å². The van der Waals surface area contributed by atoms with Gasteiger partial charge in [-0.3, -0.25) is 0 Å². The summed E-state index contributed by atoms with van der Waals surface area (Å²) in [5.41, 5.74) is 0.0537. The van der Waals surface area contributed by atoms with Gasteiger partial charge in [-0.1, -0.05) is 33.1 Å². The number of hydrogen-bond acceptors (Lipinski definition) is 3. The van der Waals surface area contributed by atoms with Crippen LogP contribution in [-0.2, 0) is 0 Å². The highest BCUT2D eigenvalue weighted by Crippen LogP contribution is 2.44. The molecule has 1 aliphatic carbocycles. The van der Waals surface area contributed by atoms with Crippen molar-refractivity contribution in [2.24, 2.45) is 5.41 Å². The Kier molecular flexibility index (Phi) is 5.49. The smallest absolute Gasteiger partial charge is 0.0869 e. The summed E-state index contributed by atoms with van der Waals surface area (Å²) in [6, 6.07) is 0.438. The Bertz CT molecular complexity index is 285. The molecular formula is C17H34N2O. The van der Waals surface area contributed by atoms with Gasteiger partial charge in [0.15, 0.2) is 0 Å². The molecule has 1 heterocycles. The number of aliphatic hydroxyl groups is 1. The minimum atomic E-state index is -0.610. The van der Waals surface area contributed by atoms with Crippen molar-refractivity contribution in [1.29, 1.82) is 0 Å². The first-order valence-electron chi connectivity index (χ1n) is 8.59. The Morgan fingerprint density at radius 3 is 2.25 bits per heavy atom. The largest absolute Gasteiger partial charge is 0.388 e. The molecule has 1 unspecified atom stereocenters. The van der Waals surface area contributed by atoms with Crippen LogP contribution in [0.15, 0.2) is 0 Å². The zero-order chi connectivity index (χ0) is 14.6. The molecular weight excluding hydrogens is 248 g/mol. The van der Waals surface area contributed by atoms with E-state index in [1.165, 1.54) is 58.0 Å². The summed E-state index contributed by atoms with van der Waals surface area (Å²) in [6.45, 7) is 10.1. The molecule has 0 aromatic carbocycles. The fraction of sp³-hybridized carbons (Fsp3) is 1.00. The zero-order valence-corrected chi connectivity index (χ0v) is 13.7. The van der Waals surface area contributed by atoms with Gasteiger partial charge < -0.3 is 15.3 Å². The lowest BCUT2D eigenvalue weighted by Crippen LogP contribution is -2.51. The number of nitrogens with one attached hydrogen (secondary N) is 1. The van der Waals surface area contributed by atoms with Gasteiger partial charge in [-0.25, -0.2) is 0 Å². The number of piperidine rings is 1. The zero-order valence-electron chi connectivity index (χ0n) is 13.7. The van der Waals surface area contributed by atoms with Crippen LogP contribution in [0.1, 0.15) is 65.7 Å². The van der Waals surface area contributed by atoms with Crippen LogP contribution in [0.4, 0.5) is 0 Å².